The van der Waals surface area contributed by atoms with Crippen molar-refractivity contribution in [1.29, 1.82) is 0 Å². The van der Waals surface area contributed by atoms with Crippen LogP contribution < -0.4 is 0 Å². The fourth-order valence-corrected chi connectivity index (χ4v) is 3.06. The minimum Gasteiger partial charge on any atom is -0.262 e. The van der Waals surface area contributed by atoms with E-state index in [1.54, 1.807) is 0 Å². The number of hydrogen-bond acceptors (Lipinski definition) is 4. The molecule has 0 atom stereocenters. The van der Waals surface area contributed by atoms with E-state index < -0.39 is 0 Å². The number of aryl methyl sites for hydroxylation is 2. The quantitative estimate of drug-likeness (QED) is 0.856. The fraction of sp³-hybridized carbons (Fsp3) is 0.714. The standard InChI is InChI=1S/C14H22N6/c1-11-8-12(2)19(16-11)10-14-15-17-18-20(14)9-13-6-4-3-5-7-13/h8,13H,3-7,9-10H2,1-2H3. The Morgan fingerprint density at radius 1 is 1.15 bits per heavy atom. The number of aromatic nitrogens is 6. The van der Waals surface area contributed by atoms with Gasteiger partial charge in [-0.15, -0.1) is 5.10 Å². The molecule has 108 valence electrons. The van der Waals surface area contributed by atoms with Gasteiger partial charge < -0.3 is 0 Å². The van der Waals surface area contributed by atoms with Crippen LogP contribution in [0.1, 0.15) is 49.3 Å². The molecule has 0 spiro atoms. The molecule has 0 unspecified atom stereocenters. The van der Waals surface area contributed by atoms with Crippen LogP contribution in [0.3, 0.4) is 0 Å². The van der Waals surface area contributed by atoms with Crippen molar-refractivity contribution in [2.45, 2.75) is 59.0 Å². The van der Waals surface area contributed by atoms with Crippen LogP contribution in [0, 0.1) is 19.8 Å². The Hall–Kier alpha value is -1.72. The first kappa shape index (κ1) is 13.3. The molecular formula is C14H22N6. The average Bonchev–Trinajstić information content (AvgIpc) is 2.99. The van der Waals surface area contributed by atoms with Crippen molar-refractivity contribution in [3.63, 3.8) is 0 Å². The predicted molar refractivity (Wildman–Crippen MR) is 75.2 cm³/mol. The zero-order valence-electron chi connectivity index (χ0n) is 12.3. The SMILES string of the molecule is Cc1cc(C)n(Cc2nnnn2CC2CCCCC2)n1. The maximum Gasteiger partial charge on any atom is 0.172 e. The van der Waals surface area contributed by atoms with Gasteiger partial charge in [-0.1, -0.05) is 19.3 Å². The molecule has 0 saturated heterocycles. The monoisotopic (exact) mass is 274 g/mol. The summed E-state index contributed by atoms with van der Waals surface area (Å²) in [6.45, 7) is 5.67. The highest BCUT2D eigenvalue weighted by Gasteiger charge is 2.17. The second kappa shape index (κ2) is 5.73. The largest absolute Gasteiger partial charge is 0.262 e. The van der Waals surface area contributed by atoms with Crippen molar-refractivity contribution in [3.05, 3.63) is 23.3 Å². The lowest BCUT2D eigenvalue weighted by Gasteiger charge is -2.21. The summed E-state index contributed by atoms with van der Waals surface area (Å²) in [6.07, 6.45) is 6.68. The summed E-state index contributed by atoms with van der Waals surface area (Å²) >= 11 is 0. The number of nitrogens with zero attached hydrogens (tertiary/aromatic N) is 6. The van der Waals surface area contributed by atoms with Gasteiger partial charge in [0.05, 0.1) is 5.69 Å². The molecule has 0 N–H and O–H groups in total. The molecule has 0 aliphatic heterocycles. The molecule has 1 aliphatic carbocycles. The highest BCUT2D eigenvalue weighted by atomic mass is 15.5. The zero-order chi connectivity index (χ0) is 13.9. The summed E-state index contributed by atoms with van der Waals surface area (Å²) < 4.78 is 3.94. The van der Waals surface area contributed by atoms with Crippen molar-refractivity contribution >= 4 is 0 Å². The van der Waals surface area contributed by atoms with Crippen LogP contribution in [0.25, 0.3) is 0 Å². The van der Waals surface area contributed by atoms with Gasteiger partial charge in [0.25, 0.3) is 0 Å². The molecule has 0 bridgehead atoms. The van der Waals surface area contributed by atoms with Crippen LogP contribution in [0.15, 0.2) is 6.07 Å². The van der Waals surface area contributed by atoms with Crippen molar-refractivity contribution in [3.8, 4) is 0 Å². The Bertz CT molecular complexity index is 564. The molecule has 6 nitrogen and oxygen atoms in total. The molecule has 3 rings (SSSR count). The Morgan fingerprint density at radius 2 is 1.95 bits per heavy atom. The summed E-state index contributed by atoms with van der Waals surface area (Å²) in [5.41, 5.74) is 2.18. The molecule has 2 aromatic heterocycles. The smallest absolute Gasteiger partial charge is 0.172 e. The van der Waals surface area contributed by atoms with Crippen molar-refractivity contribution in [1.82, 2.24) is 30.0 Å². The molecule has 1 fully saturated rings. The third kappa shape index (κ3) is 2.89. The van der Waals surface area contributed by atoms with E-state index in [-0.39, 0.29) is 0 Å². The minimum absolute atomic E-state index is 0.652. The van der Waals surface area contributed by atoms with Crippen LogP contribution in [-0.4, -0.2) is 30.0 Å². The van der Waals surface area contributed by atoms with E-state index in [0.29, 0.717) is 6.54 Å². The lowest BCUT2D eigenvalue weighted by molar-refractivity contribution is 0.300. The molecule has 6 heteroatoms. The van der Waals surface area contributed by atoms with Gasteiger partial charge in [0, 0.05) is 12.2 Å². The summed E-state index contributed by atoms with van der Waals surface area (Å²) in [6, 6.07) is 2.08. The predicted octanol–water partition coefficient (Wildman–Crippen LogP) is 2.12. The van der Waals surface area contributed by atoms with Gasteiger partial charge >= 0.3 is 0 Å². The van der Waals surface area contributed by atoms with Crippen molar-refractivity contribution in [2.24, 2.45) is 5.92 Å². The van der Waals surface area contributed by atoms with Crippen LogP contribution >= 0.6 is 0 Å². The number of hydrogen-bond donors (Lipinski definition) is 0. The first-order valence-corrected chi connectivity index (χ1v) is 7.48. The van der Waals surface area contributed by atoms with Gasteiger partial charge in [0.2, 0.25) is 0 Å². The lowest BCUT2D eigenvalue weighted by atomic mass is 9.89. The van der Waals surface area contributed by atoms with E-state index in [2.05, 4.69) is 33.6 Å². The van der Waals surface area contributed by atoms with Crippen LogP contribution in [-0.2, 0) is 13.1 Å². The van der Waals surface area contributed by atoms with Crippen LogP contribution in [0.5, 0.6) is 0 Å². The number of rotatable bonds is 4. The van der Waals surface area contributed by atoms with Gasteiger partial charge in [-0.2, -0.15) is 5.10 Å². The summed E-state index contributed by atoms with van der Waals surface area (Å²) in [4.78, 5) is 0. The second-order valence-electron chi connectivity index (χ2n) is 5.87. The third-order valence-corrected chi connectivity index (χ3v) is 4.16. The van der Waals surface area contributed by atoms with Crippen molar-refractivity contribution < 1.29 is 0 Å². The van der Waals surface area contributed by atoms with E-state index in [1.807, 2.05) is 16.3 Å². The Labute approximate surface area is 119 Å². The Morgan fingerprint density at radius 3 is 2.65 bits per heavy atom. The van der Waals surface area contributed by atoms with Gasteiger partial charge in [-0.3, -0.25) is 4.68 Å². The molecule has 2 aromatic rings. The highest BCUT2D eigenvalue weighted by molar-refractivity contribution is 5.07. The van der Waals surface area contributed by atoms with E-state index >= 15 is 0 Å². The first-order chi connectivity index (χ1) is 9.72. The zero-order valence-corrected chi connectivity index (χ0v) is 12.3. The molecular weight excluding hydrogens is 252 g/mol. The average molecular weight is 274 g/mol. The molecule has 1 saturated carbocycles. The molecule has 0 aromatic carbocycles. The Kier molecular flexibility index (Phi) is 3.80. The van der Waals surface area contributed by atoms with E-state index in [9.17, 15) is 0 Å². The third-order valence-electron chi connectivity index (χ3n) is 4.16. The Balaban J connectivity index is 1.71. The van der Waals surface area contributed by atoms with Crippen molar-refractivity contribution in [2.75, 3.05) is 0 Å². The molecule has 1 aliphatic rings. The summed E-state index contributed by atoms with van der Waals surface area (Å²) in [5.74, 6) is 1.63. The van der Waals surface area contributed by atoms with E-state index in [1.165, 1.54) is 32.1 Å². The van der Waals surface area contributed by atoms with Gasteiger partial charge in [0.1, 0.15) is 6.54 Å². The minimum atomic E-state index is 0.652. The molecule has 2 heterocycles. The molecule has 20 heavy (non-hydrogen) atoms. The van der Waals surface area contributed by atoms with Crippen LogP contribution in [0.2, 0.25) is 0 Å². The van der Waals surface area contributed by atoms with Gasteiger partial charge in [0.15, 0.2) is 5.82 Å². The second-order valence-corrected chi connectivity index (χ2v) is 5.87. The summed E-state index contributed by atoms with van der Waals surface area (Å²) in [7, 11) is 0. The fourth-order valence-electron chi connectivity index (χ4n) is 3.06. The lowest BCUT2D eigenvalue weighted by Crippen LogP contribution is -2.19. The molecule has 0 radical (unpaired) electrons. The first-order valence-electron chi connectivity index (χ1n) is 7.48. The maximum atomic E-state index is 4.48. The molecule has 0 amide bonds. The summed E-state index contributed by atoms with van der Waals surface area (Å²) in [5, 5.41) is 16.6. The van der Waals surface area contributed by atoms with E-state index in [4.69, 9.17) is 0 Å². The maximum absolute atomic E-state index is 4.48. The van der Waals surface area contributed by atoms with E-state index in [0.717, 1.165) is 29.7 Å². The normalized spacial score (nSPS) is 16.7. The topological polar surface area (TPSA) is 61.4 Å². The van der Waals surface area contributed by atoms with Gasteiger partial charge in [-0.25, -0.2) is 4.68 Å². The van der Waals surface area contributed by atoms with Crippen LogP contribution in [0.4, 0.5) is 0 Å². The van der Waals surface area contributed by atoms with Gasteiger partial charge in [-0.05, 0) is 49.1 Å². The number of tetrazole rings is 1. The highest BCUT2D eigenvalue weighted by Crippen LogP contribution is 2.25.